The van der Waals surface area contributed by atoms with Crippen LogP contribution in [0.5, 0.6) is 0 Å². The summed E-state index contributed by atoms with van der Waals surface area (Å²) in [5, 5.41) is 5.69. The van der Waals surface area contributed by atoms with Gasteiger partial charge in [0, 0.05) is 38.2 Å². The van der Waals surface area contributed by atoms with Crippen LogP contribution in [0.15, 0.2) is 56.9 Å². The molecule has 12 nitrogen and oxygen atoms in total. The number of amides is 1. The molecule has 0 saturated heterocycles. The van der Waals surface area contributed by atoms with Gasteiger partial charge in [-0.05, 0) is 55.9 Å². The van der Waals surface area contributed by atoms with Crippen LogP contribution in [-0.4, -0.2) is 82.0 Å². The minimum atomic E-state index is -4.22. The third kappa shape index (κ3) is 7.76. The quantitative estimate of drug-likeness (QED) is 0.0948. The monoisotopic (exact) mass is 695 g/mol. The number of rotatable bonds is 17. The van der Waals surface area contributed by atoms with Gasteiger partial charge in [0.2, 0.25) is 5.88 Å². The first-order chi connectivity index (χ1) is 23.6. The topological polar surface area (TPSA) is 127 Å². The number of carbonyl (C=O) groups is 1. The summed E-state index contributed by atoms with van der Waals surface area (Å²) in [5.41, 5.74) is 3.56. The zero-order valence-electron chi connectivity index (χ0n) is 29.5. The largest absolute Gasteiger partial charge is 0.382 e. The van der Waals surface area contributed by atoms with Gasteiger partial charge < -0.3 is 18.8 Å². The molecule has 3 aromatic rings. The fourth-order valence-electron chi connectivity index (χ4n) is 6.52. The maximum atomic E-state index is 14.6. The van der Waals surface area contributed by atoms with Gasteiger partial charge in [-0.3, -0.25) is 14.7 Å². The summed E-state index contributed by atoms with van der Waals surface area (Å²) < 4.78 is 46.6. The molecular formula is C36H49N5O7S. The molecule has 1 aliphatic heterocycles. The highest BCUT2D eigenvalue weighted by Gasteiger charge is 2.49. The zero-order chi connectivity index (χ0) is 35.2. The Hall–Kier alpha value is -3.62. The number of hydroxylamine groups is 2. The van der Waals surface area contributed by atoms with Gasteiger partial charge >= 0.3 is 0 Å². The smallest absolute Gasteiger partial charge is 0.269 e. The van der Waals surface area contributed by atoms with Crippen LogP contribution in [0.2, 0.25) is 0 Å². The van der Waals surface area contributed by atoms with Gasteiger partial charge in [-0.15, -0.1) is 0 Å². The average Bonchev–Trinajstić information content (AvgIpc) is 3.78. The van der Waals surface area contributed by atoms with Gasteiger partial charge in [-0.1, -0.05) is 67.7 Å². The van der Waals surface area contributed by atoms with E-state index in [-0.39, 0.29) is 30.0 Å². The first kappa shape index (κ1) is 36.7. The number of carbonyl (C=O) groups excluding carboxylic acids is 1. The lowest BCUT2D eigenvalue weighted by molar-refractivity contribution is -0.131. The fourth-order valence-corrected chi connectivity index (χ4v) is 8.07. The highest BCUT2D eigenvalue weighted by atomic mass is 32.2. The molecule has 0 radical (unpaired) electrons. The summed E-state index contributed by atoms with van der Waals surface area (Å²) in [4.78, 5) is 26.4. The Balaban J connectivity index is 1.54. The third-order valence-corrected chi connectivity index (χ3v) is 11.2. The Labute approximate surface area is 290 Å². The lowest BCUT2D eigenvalue weighted by Gasteiger charge is -2.25. The molecule has 1 spiro atoms. The van der Waals surface area contributed by atoms with Gasteiger partial charge in [0.25, 0.3) is 15.9 Å². The Morgan fingerprint density at radius 3 is 2.47 bits per heavy atom. The number of sulfonamides is 1. The van der Waals surface area contributed by atoms with Crippen molar-refractivity contribution in [1.29, 1.82) is 0 Å². The fraction of sp³-hybridized carbons (Fsp3) is 0.528. The van der Waals surface area contributed by atoms with E-state index in [1.807, 2.05) is 36.2 Å². The number of hydrogen-bond acceptors (Lipinski definition) is 10. The van der Waals surface area contributed by atoms with Gasteiger partial charge in [-0.2, -0.15) is 5.06 Å². The van der Waals surface area contributed by atoms with E-state index in [0.29, 0.717) is 36.5 Å². The van der Waals surface area contributed by atoms with E-state index in [2.05, 4.69) is 12.1 Å². The number of methoxy groups -OCH3 is 1. The molecule has 1 aromatic heterocycles. The van der Waals surface area contributed by atoms with Crippen LogP contribution in [0, 0.1) is 13.8 Å². The normalized spacial score (nSPS) is 15.9. The first-order valence-electron chi connectivity index (χ1n) is 17.0. The number of nitrogens with zero attached hydrogens (tertiary/aromatic N) is 5. The molecule has 13 heteroatoms. The third-order valence-electron chi connectivity index (χ3n) is 9.44. The summed E-state index contributed by atoms with van der Waals surface area (Å²) in [6, 6.07) is 12.8. The zero-order valence-corrected chi connectivity index (χ0v) is 30.3. The molecule has 2 heterocycles. The van der Waals surface area contributed by atoms with Crippen LogP contribution in [0.1, 0.15) is 74.3 Å². The van der Waals surface area contributed by atoms with Crippen molar-refractivity contribution in [3.8, 4) is 11.1 Å². The summed E-state index contributed by atoms with van der Waals surface area (Å²) in [6.45, 7) is 6.63. The second-order valence-corrected chi connectivity index (χ2v) is 14.6. The van der Waals surface area contributed by atoms with E-state index in [1.54, 1.807) is 51.3 Å². The molecule has 49 heavy (non-hydrogen) atoms. The maximum Gasteiger partial charge on any atom is 0.269 e. The predicted octanol–water partition coefficient (Wildman–Crippen LogP) is 6.01. The summed E-state index contributed by atoms with van der Waals surface area (Å²) >= 11 is 0. The Morgan fingerprint density at radius 1 is 1.04 bits per heavy atom. The number of benzene rings is 2. The van der Waals surface area contributed by atoms with Crippen molar-refractivity contribution in [3.63, 3.8) is 0 Å². The molecule has 0 atom stereocenters. The van der Waals surface area contributed by atoms with Crippen molar-refractivity contribution in [3.05, 3.63) is 64.8 Å². The lowest BCUT2D eigenvalue weighted by atomic mass is 9.96. The second-order valence-electron chi connectivity index (χ2n) is 12.8. The van der Waals surface area contributed by atoms with Gasteiger partial charge in [0.05, 0.1) is 37.5 Å². The number of ether oxygens (including phenoxy) is 2. The minimum Gasteiger partial charge on any atom is -0.382 e. The number of aryl methyl sites for hydroxylation is 1. The standard InChI is InChI=1S/C36H49N5O7S/c1-7-8-15-33-37-36(18-11-12-19-36)35(42)40(33)23-28-16-17-30(29(22-28)24-39(4)46-6)31-13-9-10-14-32(31)49(43,44)41(25-47-21-20-45-5)34-26(2)27(3)38-48-34/h9-10,13-14,16-17,22H,7-8,11-12,15,18-21,23-25H2,1-6H3. The number of aromatic nitrogens is 1. The maximum absolute atomic E-state index is 14.6. The second kappa shape index (κ2) is 15.9. The van der Waals surface area contributed by atoms with Crippen LogP contribution in [0.4, 0.5) is 5.88 Å². The van der Waals surface area contributed by atoms with Crippen LogP contribution in [-0.2, 0) is 42.2 Å². The Kier molecular flexibility index (Phi) is 11.9. The van der Waals surface area contributed by atoms with E-state index in [9.17, 15) is 13.2 Å². The van der Waals surface area contributed by atoms with Crippen molar-refractivity contribution in [1.82, 2.24) is 15.1 Å². The lowest BCUT2D eigenvalue weighted by Crippen LogP contribution is -2.40. The van der Waals surface area contributed by atoms with Crippen molar-refractivity contribution < 1.29 is 32.0 Å². The van der Waals surface area contributed by atoms with Crippen molar-refractivity contribution >= 4 is 27.7 Å². The van der Waals surface area contributed by atoms with E-state index >= 15 is 0 Å². The molecule has 1 fully saturated rings. The van der Waals surface area contributed by atoms with E-state index in [4.69, 9.17) is 23.8 Å². The predicted molar refractivity (Wildman–Crippen MR) is 187 cm³/mol. The average molecular weight is 696 g/mol. The molecular weight excluding hydrogens is 646 g/mol. The number of hydrogen-bond donors (Lipinski definition) is 0. The summed E-state index contributed by atoms with van der Waals surface area (Å²) in [7, 11) is 0.731. The van der Waals surface area contributed by atoms with Crippen LogP contribution in [0.3, 0.4) is 0 Å². The molecule has 5 rings (SSSR count). The Morgan fingerprint density at radius 2 is 1.80 bits per heavy atom. The highest BCUT2D eigenvalue weighted by molar-refractivity contribution is 7.93. The molecule has 1 amide bonds. The molecule has 0 N–H and O–H groups in total. The van der Waals surface area contributed by atoms with E-state index in [1.165, 1.54) is 0 Å². The van der Waals surface area contributed by atoms with Crippen molar-refractivity contribution in [2.24, 2.45) is 4.99 Å². The van der Waals surface area contributed by atoms with E-state index in [0.717, 1.165) is 71.8 Å². The number of amidine groups is 1. The van der Waals surface area contributed by atoms with Crippen LogP contribution >= 0.6 is 0 Å². The molecule has 2 aliphatic rings. The van der Waals surface area contributed by atoms with Crippen molar-refractivity contribution in [2.45, 2.75) is 89.2 Å². The number of anilines is 1. The summed E-state index contributed by atoms with van der Waals surface area (Å²) in [6.07, 6.45) is 6.38. The van der Waals surface area contributed by atoms with Crippen LogP contribution in [0.25, 0.3) is 11.1 Å². The van der Waals surface area contributed by atoms with Gasteiger partial charge in [-0.25, -0.2) is 12.7 Å². The SMILES string of the molecule is CCCCC1=NC2(CCCC2)C(=O)N1Cc1ccc(-c2ccccc2S(=O)(=O)N(COCCOC)c2onc(C)c2C)c(CN(C)OC)c1. The molecule has 1 saturated carbocycles. The summed E-state index contributed by atoms with van der Waals surface area (Å²) in [5.74, 6) is 1.06. The first-order valence-corrected chi connectivity index (χ1v) is 18.4. The van der Waals surface area contributed by atoms with Gasteiger partial charge in [0.1, 0.15) is 18.1 Å². The van der Waals surface area contributed by atoms with Gasteiger partial charge in [0.15, 0.2) is 0 Å². The molecule has 266 valence electrons. The molecule has 2 aromatic carbocycles. The number of aliphatic imine (C=N–C) groups is 1. The van der Waals surface area contributed by atoms with Crippen molar-refractivity contribution in [2.75, 3.05) is 45.5 Å². The highest BCUT2D eigenvalue weighted by Crippen LogP contribution is 2.41. The molecule has 1 aliphatic carbocycles. The van der Waals surface area contributed by atoms with E-state index < -0.39 is 15.6 Å². The molecule has 0 bridgehead atoms. The molecule has 0 unspecified atom stereocenters. The minimum absolute atomic E-state index is 0.0831. The Bertz CT molecular complexity index is 1750. The van der Waals surface area contributed by atoms with Crippen LogP contribution < -0.4 is 4.31 Å². The number of unbranched alkanes of at least 4 members (excludes halogenated alkanes) is 1.